The number of carbonyl (C=O) groups is 1. The van der Waals surface area contributed by atoms with E-state index < -0.39 is 0 Å². The molecule has 0 heterocycles. The van der Waals surface area contributed by atoms with Crippen LogP contribution in [0.25, 0.3) is 0 Å². The van der Waals surface area contributed by atoms with Gasteiger partial charge in [0.05, 0.1) is 0 Å². The van der Waals surface area contributed by atoms with Gasteiger partial charge in [-0.2, -0.15) is 0 Å². The first kappa shape index (κ1) is 13.1. The lowest BCUT2D eigenvalue weighted by Gasteiger charge is -2.20. The van der Waals surface area contributed by atoms with E-state index in [0.717, 1.165) is 25.8 Å². The fourth-order valence-electron chi connectivity index (χ4n) is 2.37. The minimum Gasteiger partial charge on any atom is -0.335 e. The molecule has 2 aliphatic carbocycles. The highest BCUT2D eigenvalue weighted by molar-refractivity contribution is 5.81. The number of nitrogens with zero attached hydrogens (tertiary/aromatic N) is 1. The molecule has 1 atom stereocenters. The molecule has 1 fully saturated rings. The van der Waals surface area contributed by atoms with Crippen LogP contribution < -0.4 is 0 Å². The second-order valence-corrected chi connectivity index (χ2v) is 5.28. The Balaban J connectivity index is 1.80. The molecule has 0 aliphatic heterocycles. The zero-order valence-corrected chi connectivity index (χ0v) is 11.1. The Kier molecular flexibility index (Phi) is 4.80. The molecular formula is C16H23NO. The molecule has 0 bridgehead atoms. The summed E-state index contributed by atoms with van der Waals surface area (Å²) in [6.45, 7) is 5.14. The van der Waals surface area contributed by atoms with Gasteiger partial charge in [-0.3, -0.25) is 4.79 Å². The molecule has 0 N–H and O–H groups in total. The SMILES string of the molecule is C=CCN(CC=CC1CC=CCC1)C(=O)C1CC1. The van der Waals surface area contributed by atoms with Crippen molar-refractivity contribution in [1.29, 1.82) is 0 Å². The average Bonchev–Trinajstić information content (AvgIpc) is 3.22. The van der Waals surface area contributed by atoms with Gasteiger partial charge in [0, 0.05) is 19.0 Å². The van der Waals surface area contributed by atoms with Gasteiger partial charge in [0.1, 0.15) is 0 Å². The normalized spacial score (nSPS) is 23.2. The van der Waals surface area contributed by atoms with Crippen molar-refractivity contribution in [2.45, 2.75) is 32.1 Å². The van der Waals surface area contributed by atoms with Crippen LogP contribution in [0.1, 0.15) is 32.1 Å². The Morgan fingerprint density at radius 1 is 1.28 bits per heavy atom. The van der Waals surface area contributed by atoms with E-state index in [2.05, 4.69) is 30.9 Å². The molecule has 0 spiro atoms. The van der Waals surface area contributed by atoms with Crippen molar-refractivity contribution in [3.8, 4) is 0 Å². The third-order valence-electron chi connectivity index (χ3n) is 3.63. The van der Waals surface area contributed by atoms with Crippen molar-refractivity contribution >= 4 is 5.91 Å². The molecule has 98 valence electrons. The lowest BCUT2D eigenvalue weighted by atomic mass is 9.94. The summed E-state index contributed by atoms with van der Waals surface area (Å²) in [5.74, 6) is 1.27. The third kappa shape index (κ3) is 3.86. The minimum atomic E-state index is 0.302. The van der Waals surface area contributed by atoms with Crippen molar-refractivity contribution in [2.24, 2.45) is 11.8 Å². The zero-order chi connectivity index (χ0) is 12.8. The van der Waals surface area contributed by atoms with Crippen LogP contribution in [0, 0.1) is 11.8 Å². The summed E-state index contributed by atoms with van der Waals surface area (Å²) in [6.07, 6.45) is 16.5. The second kappa shape index (κ2) is 6.58. The van der Waals surface area contributed by atoms with E-state index in [-0.39, 0.29) is 0 Å². The Morgan fingerprint density at radius 2 is 2.11 bits per heavy atom. The quantitative estimate of drug-likeness (QED) is 0.657. The molecule has 1 saturated carbocycles. The van der Waals surface area contributed by atoms with Gasteiger partial charge >= 0.3 is 0 Å². The molecule has 0 aromatic rings. The van der Waals surface area contributed by atoms with Crippen molar-refractivity contribution in [2.75, 3.05) is 13.1 Å². The highest BCUT2D eigenvalue weighted by Gasteiger charge is 2.32. The molecule has 2 aliphatic rings. The smallest absolute Gasteiger partial charge is 0.226 e. The van der Waals surface area contributed by atoms with Crippen molar-refractivity contribution in [1.82, 2.24) is 4.90 Å². The number of allylic oxidation sites excluding steroid dienone is 3. The molecule has 18 heavy (non-hydrogen) atoms. The molecule has 0 saturated heterocycles. The van der Waals surface area contributed by atoms with E-state index in [0.29, 0.717) is 24.3 Å². The Bertz CT molecular complexity index is 352. The zero-order valence-electron chi connectivity index (χ0n) is 11.1. The molecule has 2 nitrogen and oxygen atoms in total. The molecule has 1 amide bonds. The molecule has 2 heteroatoms. The molecular weight excluding hydrogens is 222 g/mol. The van der Waals surface area contributed by atoms with Crippen LogP contribution in [0.5, 0.6) is 0 Å². The van der Waals surface area contributed by atoms with Crippen molar-refractivity contribution in [3.63, 3.8) is 0 Å². The van der Waals surface area contributed by atoms with Gasteiger partial charge in [-0.05, 0) is 38.0 Å². The fraction of sp³-hybridized carbons (Fsp3) is 0.562. The van der Waals surface area contributed by atoms with E-state index in [9.17, 15) is 4.79 Å². The molecule has 1 unspecified atom stereocenters. The standard InChI is InChI=1S/C16H23NO/c1-2-12-17(16(18)15-10-11-15)13-6-9-14-7-4-3-5-8-14/h2-4,6,9,14-15H,1,5,7-8,10-13H2. The van der Waals surface area contributed by atoms with Crippen LogP contribution in [0.4, 0.5) is 0 Å². The summed E-state index contributed by atoms with van der Waals surface area (Å²) in [7, 11) is 0. The average molecular weight is 245 g/mol. The Hall–Kier alpha value is -1.31. The molecule has 2 rings (SSSR count). The van der Waals surface area contributed by atoms with Gasteiger partial charge in [0.2, 0.25) is 5.91 Å². The summed E-state index contributed by atoms with van der Waals surface area (Å²) >= 11 is 0. The molecule has 0 radical (unpaired) electrons. The van der Waals surface area contributed by atoms with E-state index in [1.54, 1.807) is 0 Å². The van der Waals surface area contributed by atoms with Gasteiger partial charge < -0.3 is 4.90 Å². The van der Waals surface area contributed by atoms with Crippen molar-refractivity contribution < 1.29 is 4.79 Å². The van der Waals surface area contributed by atoms with Gasteiger partial charge in [0.15, 0.2) is 0 Å². The predicted octanol–water partition coefficient (Wildman–Crippen LogP) is 3.32. The number of rotatable bonds is 6. The van der Waals surface area contributed by atoms with Gasteiger partial charge in [0.25, 0.3) is 0 Å². The number of hydrogen-bond acceptors (Lipinski definition) is 1. The van der Waals surface area contributed by atoms with E-state index in [1.807, 2.05) is 11.0 Å². The largest absolute Gasteiger partial charge is 0.335 e. The summed E-state index contributed by atoms with van der Waals surface area (Å²) in [4.78, 5) is 13.9. The summed E-state index contributed by atoms with van der Waals surface area (Å²) in [5.41, 5.74) is 0. The molecule has 0 aromatic carbocycles. The fourth-order valence-corrected chi connectivity index (χ4v) is 2.37. The summed E-state index contributed by atoms with van der Waals surface area (Å²) in [5, 5.41) is 0. The minimum absolute atomic E-state index is 0.302. The van der Waals surface area contributed by atoms with E-state index in [1.165, 1.54) is 12.8 Å². The highest BCUT2D eigenvalue weighted by atomic mass is 16.2. The summed E-state index contributed by atoms with van der Waals surface area (Å²) < 4.78 is 0. The monoisotopic (exact) mass is 245 g/mol. The Morgan fingerprint density at radius 3 is 2.72 bits per heavy atom. The first-order chi connectivity index (χ1) is 8.81. The maximum Gasteiger partial charge on any atom is 0.226 e. The van der Waals surface area contributed by atoms with E-state index >= 15 is 0 Å². The number of amides is 1. The van der Waals surface area contributed by atoms with Crippen molar-refractivity contribution in [3.05, 3.63) is 37.0 Å². The predicted molar refractivity (Wildman–Crippen MR) is 75.1 cm³/mol. The topological polar surface area (TPSA) is 20.3 Å². The Labute approximate surface area is 110 Å². The lowest BCUT2D eigenvalue weighted by molar-refractivity contribution is -0.131. The first-order valence-corrected chi connectivity index (χ1v) is 7.02. The van der Waals surface area contributed by atoms with Gasteiger partial charge in [-0.15, -0.1) is 6.58 Å². The van der Waals surface area contributed by atoms with Crippen LogP contribution in [-0.2, 0) is 4.79 Å². The van der Waals surface area contributed by atoms with Crippen LogP contribution in [0.2, 0.25) is 0 Å². The van der Waals surface area contributed by atoms with Crippen LogP contribution >= 0.6 is 0 Å². The van der Waals surface area contributed by atoms with Gasteiger partial charge in [-0.25, -0.2) is 0 Å². The lowest BCUT2D eigenvalue weighted by Crippen LogP contribution is -2.32. The van der Waals surface area contributed by atoms with E-state index in [4.69, 9.17) is 0 Å². The van der Waals surface area contributed by atoms with Gasteiger partial charge in [-0.1, -0.05) is 30.4 Å². The first-order valence-electron chi connectivity index (χ1n) is 7.02. The van der Waals surface area contributed by atoms with Crippen LogP contribution in [0.15, 0.2) is 37.0 Å². The maximum atomic E-state index is 12.0. The maximum absolute atomic E-state index is 12.0. The third-order valence-corrected chi connectivity index (χ3v) is 3.63. The second-order valence-electron chi connectivity index (χ2n) is 5.28. The van der Waals surface area contributed by atoms with Crippen LogP contribution in [0.3, 0.4) is 0 Å². The van der Waals surface area contributed by atoms with Crippen LogP contribution in [-0.4, -0.2) is 23.9 Å². The summed E-state index contributed by atoms with van der Waals surface area (Å²) in [6, 6.07) is 0. The number of hydrogen-bond donors (Lipinski definition) is 0. The number of carbonyl (C=O) groups excluding carboxylic acids is 1. The molecule has 0 aromatic heterocycles. The highest BCUT2D eigenvalue weighted by Crippen LogP contribution is 2.31.